The SMILES string of the molecule is CC(C)(C(=O)Nc1ncc(-c2ccc(F)c(F)c2)s1)S(=O)(=O)c1ccc(F)cc1. The molecular formula is C19H15F3N2O3S2. The molecular weight excluding hydrogens is 425 g/mol. The molecule has 10 heteroatoms. The molecule has 0 aliphatic heterocycles. The first-order valence-corrected chi connectivity index (χ1v) is 10.6. The molecule has 152 valence electrons. The van der Waals surface area contributed by atoms with Gasteiger partial charge in [0.15, 0.2) is 26.6 Å². The summed E-state index contributed by atoms with van der Waals surface area (Å²) in [6.45, 7) is 2.45. The van der Waals surface area contributed by atoms with Crippen LogP contribution in [0.4, 0.5) is 18.3 Å². The summed E-state index contributed by atoms with van der Waals surface area (Å²) in [5.41, 5.74) is 0.361. The number of hydrogen-bond donors (Lipinski definition) is 1. The maximum atomic E-state index is 13.4. The lowest BCUT2D eigenvalue weighted by Crippen LogP contribution is -2.44. The Morgan fingerprint density at radius 3 is 2.31 bits per heavy atom. The number of anilines is 1. The zero-order chi connectivity index (χ0) is 21.4. The number of nitrogens with one attached hydrogen (secondary N) is 1. The highest BCUT2D eigenvalue weighted by atomic mass is 32.2. The molecule has 1 heterocycles. The van der Waals surface area contributed by atoms with Crippen molar-refractivity contribution in [3.05, 3.63) is 66.1 Å². The Morgan fingerprint density at radius 1 is 1.03 bits per heavy atom. The molecule has 0 unspecified atom stereocenters. The summed E-state index contributed by atoms with van der Waals surface area (Å²) in [5.74, 6) is -3.45. The maximum Gasteiger partial charge on any atom is 0.247 e. The van der Waals surface area contributed by atoms with E-state index in [1.807, 2.05) is 0 Å². The molecule has 0 fully saturated rings. The van der Waals surface area contributed by atoms with E-state index in [1.54, 1.807) is 0 Å². The Kier molecular flexibility index (Phi) is 5.50. The van der Waals surface area contributed by atoms with Crippen LogP contribution in [-0.2, 0) is 14.6 Å². The largest absolute Gasteiger partial charge is 0.301 e. The number of halogens is 3. The number of nitrogens with zero attached hydrogens (tertiary/aromatic N) is 1. The number of carbonyl (C=O) groups excluding carboxylic acids is 1. The molecule has 0 bridgehead atoms. The van der Waals surface area contributed by atoms with Crippen molar-refractivity contribution in [1.82, 2.24) is 4.98 Å². The van der Waals surface area contributed by atoms with Crippen molar-refractivity contribution in [2.75, 3.05) is 5.32 Å². The minimum Gasteiger partial charge on any atom is -0.301 e. The van der Waals surface area contributed by atoms with Crippen LogP contribution in [0, 0.1) is 17.5 Å². The summed E-state index contributed by atoms with van der Waals surface area (Å²) in [4.78, 5) is 16.9. The predicted molar refractivity (Wildman–Crippen MR) is 104 cm³/mol. The van der Waals surface area contributed by atoms with Gasteiger partial charge in [0.2, 0.25) is 5.91 Å². The molecule has 0 atom stereocenters. The highest BCUT2D eigenvalue weighted by molar-refractivity contribution is 7.93. The zero-order valence-corrected chi connectivity index (χ0v) is 16.9. The minimum atomic E-state index is -4.12. The summed E-state index contributed by atoms with van der Waals surface area (Å²) in [7, 11) is -4.12. The van der Waals surface area contributed by atoms with Crippen molar-refractivity contribution in [3.63, 3.8) is 0 Å². The van der Waals surface area contributed by atoms with Crippen LogP contribution in [0.2, 0.25) is 0 Å². The Bertz CT molecular complexity index is 1170. The van der Waals surface area contributed by atoms with Crippen LogP contribution in [0.1, 0.15) is 13.8 Å². The summed E-state index contributed by atoms with van der Waals surface area (Å²) in [6, 6.07) is 7.50. The van der Waals surface area contributed by atoms with E-state index in [1.165, 1.54) is 26.1 Å². The van der Waals surface area contributed by atoms with E-state index < -0.39 is 37.9 Å². The second kappa shape index (κ2) is 7.60. The van der Waals surface area contributed by atoms with Crippen LogP contribution in [0.25, 0.3) is 10.4 Å². The summed E-state index contributed by atoms with van der Waals surface area (Å²) < 4.78 is 63.3. The van der Waals surface area contributed by atoms with Crippen molar-refractivity contribution in [2.24, 2.45) is 0 Å². The number of amides is 1. The average molecular weight is 440 g/mol. The van der Waals surface area contributed by atoms with Crippen LogP contribution in [0.3, 0.4) is 0 Å². The first-order valence-electron chi connectivity index (χ1n) is 8.25. The molecule has 2 aromatic carbocycles. The maximum absolute atomic E-state index is 13.4. The van der Waals surface area contributed by atoms with Gasteiger partial charge in [0.1, 0.15) is 10.6 Å². The molecule has 0 saturated carbocycles. The zero-order valence-electron chi connectivity index (χ0n) is 15.2. The van der Waals surface area contributed by atoms with Gasteiger partial charge in [0.25, 0.3) is 0 Å². The predicted octanol–water partition coefficient (Wildman–Crippen LogP) is 4.42. The Hall–Kier alpha value is -2.72. The third kappa shape index (κ3) is 4.03. The number of hydrogen-bond acceptors (Lipinski definition) is 5. The highest BCUT2D eigenvalue weighted by Gasteiger charge is 2.43. The smallest absolute Gasteiger partial charge is 0.247 e. The second-order valence-corrected chi connectivity index (χ2v) is 10.1. The molecule has 3 rings (SSSR count). The Labute approximate surface area is 169 Å². The van der Waals surface area contributed by atoms with Gasteiger partial charge in [-0.15, -0.1) is 0 Å². The molecule has 0 radical (unpaired) electrons. The van der Waals surface area contributed by atoms with Gasteiger partial charge in [-0.25, -0.2) is 26.6 Å². The molecule has 0 aliphatic rings. The van der Waals surface area contributed by atoms with Gasteiger partial charge in [0.05, 0.1) is 9.77 Å². The Balaban J connectivity index is 1.83. The van der Waals surface area contributed by atoms with Crippen LogP contribution in [0.5, 0.6) is 0 Å². The van der Waals surface area contributed by atoms with E-state index in [2.05, 4.69) is 10.3 Å². The van der Waals surface area contributed by atoms with Crippen molar-refractivity contribution in [1.29, 1.82) is 0 Å². The number of benzene rings is 2. The number of rotatable bonds is 5. The van der Waals surface area contributed by atoms with Crippen LogP contribution >= 0.6 is 11.3 Å². The fraction of sp³-hybridized carbons (Fsp3) is 0.158. The van der Waals surface area contributed by atoms with E-state index in [-0.39, 0.29) is 10.0 Å². The number of sulfone groups is 1. The highest BCUT2D eigenvalue weighted by Crippen LogP contribution is 2.32. The minimum absolute atomic E-state index is 0.0946. The van der Waals surface area contributed by atoms with E-state index in [4.69, 9.17) is 0 Å². The van der Waals surface area contributed by atoms with Gasteiger partial charge in [-0.3, -0.25) is 4.79 Å². The number of thiazole rings is 1. The Morgan fingerprint density at radius 2 is 1.69 bits per heavy atom. The lowest BCUT2D eigenvalue weighted by molar-refractivity contribution is -0.117. The van der Waals surface area contributed by atoms with E-state index >= 15 is 0 Å². The van der Waals surface area contributed by atoms with Crippen LogP contribution < -0.4 is 5.32 Å². The average Bonchev–Trinajstić information content (AvgIpc) is 3.12. The summed E-state index contributed by atoms with van der Waals surface area (Å²) in [5, 5.41) is 2.53. The topological polar surface area (TPSA) is 76.1 Å². The lowest BCUT2D eigenvalue weighted by atomic mass is 10.2. The van der Waals surface area contributed by atoms with E-state index in [0.717, 1.165) is 47.7 Å². The quantitative estimate of drug-likeness (QED) is 0.596. The third-order valence-corrected chi connectivity index (χ3v) is 7.66. The molecule has 29 heavy (non-hydrogen) atoms. The standard InChI is InChI=1S/C19H15F3N2O3S2/c1-19(2,29(26,27)13-6-4-12(20)5-7-13)17(25)24-18-23-10-16(28-18)11-3-8-14(21)15(22)9-11/h3-10H,1-2H3,(H,23,24,25). The number of aromatic nitrogens is 1. The van der Waals surface area contributed by atoms with Crippen molar-refractivity contribution in [3.8, 4) is 10.4 Å². The van der Waals surface area contributed by atoms with Gasteiger partial charge in [-0.1, -0.05) is 17.4 Å². The molecule has 1 amide bonds. The van der Waals surface area contributed by atoms with Crippen LogP contribution in [0.15, 0.2) is 53.6 Å². The first-order chi connectivity index (χ1) is 13.5. The molecule has 0 saturated heterocycles. The van der Waals surface area contributed by atoms with Gasteiger partial charge < -0.3 is 5.32 Å². The summed E-state index contributed by atoms with van der Waals surface area (Å²) in [6.07, 6.45) is 1.36. The summed E-state index contributed by atoms with van der Waals surface area (Å²) >= 11 is 0.977. The molecule has 5 nitrogen and oxygen atoms in total. The van der Waals surface area contributed by atoms with E-state index in [0.29, 0.717) is 10.4 Å². The number of carbonyl (C=O) groups is 1. The molecule has 0 aliphatic carbocycles. The van der Waals surface area contributed by atoms with Crippen molar-refractivity contribution >= 4 is 32.2 Å². The lowest BCUT2D eigenvalue weighted by Gasteiger charge is -2.23. The normalized spacial score (nSPS) is 12.0. The first kappa shape index (κ1) is 21.0. The third-order valence-electron chi connectivity index (χ3n) is 4.27. The molecule has 0 spiro atoms. The monoisotopic (exact) mass is 440 g/mol. The van der Waals surface area contributed by atoms with E-state index in [9.17, 15) is 26.4 Å². The van der Waals surface area contributed by atoms with Gasteiger partial charge >= 0.3 is 0 Å². The molecule has 1 aromatic heterocycles. The van der Waals surface area contributed by atoms with Crippen LogP contribution in [-0.4, -0.2) is 24.1 Å². The fourth-order valence-corrected chi connectivity index (χ4v) is 4.58. The van der Waals surface area contributed by atoms with Gasteiger partial charge in [-0.05, 0) is 55.8 Å². The molecule has 1 N–H and O–H groups in total. The van der Waals surface area contributed by atoms with Crippen molar-refractivity contribution < 1.29 is 26.4 Å². The van der Waals surface area contributed by atoms with Gasteiger partial charge in [0, 0.05) is 6.20 Å². The van der Waals surface area contributed by atoms with Crippen molar-refractivity contribution in [2.45, 2.75) is 23.5 Å². The second-order valence-electron chi connectivity index (χ2n) is 6.58. The fourth-order valence-electron chi connectivity index (χ4n) is 2.39. The van der Waals surface area contributed by atoms with Gasteiger partial charge in [-0.2, -0.15) is 0 Å². The molecule has 3 aromatic rings.